The van der Waals surface area contributed by atoms with Crippen LogP contribution < -0.4 is 16.4 Å². The quantitative estimate of drug-likeness (QED) is 0.198. The summed E-state index contributed by atoms with van der Waals surface area (Å²) in [4.78, 5) is 44.4. The number of alkyl carbamates (subject to hydrolysis) is 1. The number of carbonyl (C=O) groups is 4. The maximum Gasteiger partial charge on any atom is 0.490 e. The molecule has 0 bridgehead atoms. The molecular formula is C27H34F3N3O7. The van der Waals surface area contributed by atoms with E-state index < -0.39 is 24.3 Å². The Kier molecular flexibility index (Phi) is 16.1. The molecule has 2 aromatic rings. The summed E-state index contributed by atoms with van der Waals surface area (Å²) in [6.45, 7) is 1.44. The molecule has 0 heterocycles. The first-order valence-corrected chi connectivity index (χ1v) is 12.5. The number of carboxylic acid groups (broad SMARTS) is 1. The van der Waals surface area contributed by atoms with Gasteiger partial charge in [-0.3, -0.25) is 9.59 Å². The van der Waals surface area contributed by atoms with E-state index >= 15 is 0 Å². The molecule has 2 aromatic carbocycles. The molecule has 0 unspecified atom stereocenters. The number of carboxylic acids is 1. The number of benzene rings is 2. The molecule has 5 N–H and O–H groups in total. The molecule has 0 aliphatic rings. The van der Waals surface area contributed by atoms with Crippen LogP contribution in [0.1, 0.15) is 43.2 Å². The number of hydrogen-bond donors (Lipinski definition) is 4. The minimum Gasteiger partial charge on any atom is -0.475 e. The van der Waals surface area contributed by atoms with Crippen molar-refractivity contribution in [1.82, 2.24) is 10.6 Å². The molecule has 0 saturated heterocycles. The molecule has 0 aliphatic carbocycles. The summed E-state index contributed by atoms with van der Waals surface area (Å²) in [5.74, 6) is -3.42. The zero-order chi connectivity index (χ0) is 29.8. The van der Waals surface area contributed by atoms with E-state index in [-0.39, 0.29) is 37.9 Å². The third kappa shape index (κ3) is 16.7. The number of amides is 2. The standard InChI is InChI=1S/C25H33N3O5.C2HF3O2/c26-22(14-15-23(29)32-18-20-10-4-1-5-11-20)24(30)27-16-8-3-9-17-28-25(31)33-19-21-12-6-2-7-13-21;3-2(4,5)1(6)7/h1-2,4-7,10-13,22H,3,8-9,14-19,26H2,(H,27,30)(H,28,31);(H,6,7)/t22-;/m0./s1. The summed E-state index contributed by atoms with van der Waals surface area (Å²) in [7, 11) is 0. The highest BCUT2D eigenvalue weighted by atomic mass is 19.4. The van der Waals surface area contributed by atoms with Gasteiger partial charge < -0.3 is 30.9 Å². The fourth-order valence-electron chi connectivity index (χ4n) is 2.95. The third-order valence-corrected chi connectivity index (χ3v) is 5.12. The van der Waals surface area contributed by atoms with E-state index in [1.165, 1.54) is 0 Å². The van der Waals surface area contributed by atoms with Crippen LogP contribution in [0, 0.1) is 0 Å². The minimum absolute atomic E-state index is 0.0907. The summed E-state index contributed by atoms with van der Waals surface area (Å²) < 4.78 is 42.1. The Morgan fingerprint density at radius 2 is 1.27 bits per heavy atom. The fraction of sp³-hybridized carbons (Fsp3) is 0.407. The lowest BCUT2D eigenvalue weighted by atomic mass is 10.1. The number of esters is 1. The summed E-state index contributed by atoms with van der Waals surface area (Å²) in [5, 5.41) is 12.6. The number of nitrogens with two attached hydrogens (primary N) is 1. The Balaban J connectivity index is 0.00000101. The Hall–Kier alpha value is -4.13. The molecule has 1 atom stereocenters. The van der Waals surface area contributed by atoms with E-state index in [1.54, 1.807) is 0 Å². The van der Waals surface area contributed by atoms with Crippen molar-refractivity contribution in [3.63, 3.8) is 0 Å². The molecule has 2 amide bonds. The van der Waals surface area contributed by atoms with Gasteiger partial charge in [0.05, 0.1) is 6.04 Å². The molecular weight excluding hydrogens is 535 g/mol. The van der Waals surface area contributed by atoms with Crippen molar-refractivity contribution in [2.75, 3.05) is 13.1 Å². The molecule has 0 saturated carbocycles. The first-order valence-electron chi connectivity index (χ1n) is 12.5. The normalized spacial score (nSPS) is 11.3. The molecule has 0 aromatic heterocycles. The fourth-order valence-corrected chi connectivity index (χ4v) is 2.95. The van der Waals surface area contributed by atoms with Crippen LogP contribution in [0.5, 0.6) is 0 Å². The van der Waals surface area contributed by atoms with E-state index in [9.17, 15) is 27.6 Å². The van der Waals surface area contributed by atoms with Crippen molar-refractivity contribution < 1.29 is 46.9 Å². The average molecular weight is 570 g/mol. The molecule has 10 nitrogen and oxygen atoms in total. The average Bonchev–Trinajstić information content (AvgIpc) is 2.94. The SMILES string of the molecule is N[C@@H](CCC(=O)OCc1ccccc1)C(=O)NCCCCCNC(=O)OCc1ccccc1.O=C(O)C(F)(F)F. The molecule has 0 aliphatic heterocycles. The molecule has 220 valence electrons. The van der Waals surface area contributed by atoms with Crippen LogP contribution in [0.3, 0.4) is 0 Å². The van der Waals surface area contributed by atoms with Gasteiger partial charge in [0.25, 0.3) is 0 Å². The summed E-state index contributed by atoms with van der Waals surface area (Å²) in [5.41, 5.74) is 7.70. The number of ether oxygens (including phenoxy) is 2. The van der Waals surface area contributed by atoms with Crippen molar-refractivity contribution in [2.45, 2.75) is 57.5 Å². The van der Waals surface area contributed by atoms with Crippen LogP contribution in [-0.4, -0.2) is 54.4 Å². The Bertz CT molecular complexity index is 1040. The summed E-state index contributed by atoms with van der Waals surface area (Å²) in [6.07, 6.45) is -2.84. The number of carbonyl (C=O) groups excluding carboxylic acids is 3. The Morgan fingerprint density at radius 1 is 0.800 bits per heavy atom. The van der Waals surface area contributed by atoms with E-state index in [0.717, 1.165) is 30.4 Å². The molecule has 0 radical (unpaired) electrons. The number of aliphatic carboxylic acids is 1. The lowest BCUT2D eigenvalue weighted by Gasteiger charge is -2.12. The highest BCUT2D eigenvalue weighted by Gasteiger charge is 2.38. The van der Waals surface area contributed by atoms with Gasteiger partial charge in [-0.15, -0.1) is 0 Å². The maximum atomic E-state index is 12.0. The maximum absolute atomic E-state index is 12.0. The summed E-state index contributed by atoms with van der Waals surface area (Å²) >= 11 is 0. The second kappa shape index (κ2) is 19.0. The van der Waals surface area contributed by atoms with Crippen molar-refractivity contribution in [3.8, 4) is 0 Å². The van der Waals surface area contributed by atoms with Gasteiger partial charge in [0, 0.05) is 19.5 Å². The largest absolute Gasteiger partial charge is 0.490 e. The van der Waals surface area contributed by atoms with Crippen LogP contribution in [0.4, 0.5) is 18.0 Å². The van der Waals surface area contributed by atoms with E-state index in [1.807, 2.05) is 60.7 Å². The lowest BCUT2D eigenvalue weighted by molar-refractivity contribution is -0.192. The predicted molar refractivity (Wildman–Crippen MR) is 139 cm³/mol. The second-order valence-electron chi connectivity index (χ2n) is 8.43. The summed E-state index contributed by atoms with van der Waals surface area (Å²) in [6, 6.07) is 18.1. The first-order chi connectivity index (χ1) is 19.0. The van der Waals surface area contributed by atoms with Gasteiger partial charge in [-0.2, -0.15) is 13.2 Å². The number of alkyl halides is 3. The number of unbranched alkanes of at least 4 members (excludes halogenated alkanes) is 2. The first kappa shape index (κ1) is 33.9. The van der Waals surface area contributed by atoms with Crippen LogP contribution >= 0.6 is 0 Å². The smallest absolute Gasteiger partial charge is 0.475 e. The Labute approximate surface area is 230 Å². The second-order valence-corrected chi connectivity index (χ2v) is 8.43. The van der Waals surface area contributed by atoms with Gasteiger partial charge in [0.15, 0.2) is 0 Å². The number of hydrogen-bond acceptors (Lipinski definition) is 7. The van der Waals surface area contributed by atoms with Crippen LogP contribution in [0.25, 0.3) is 0 Å². The molecule has 40 heavy (non-hydrogen) atoms. The number of rotatable bonds is 14. The monoisotopic (exact) mass is 569 g/mol. The van der Waals surface area contributed by atoms with Gasteiger partial charge in [-0.1, -0.05) is 60.7 Å². The Morgan fingerprint density at radius 3 is 1.77 bits per heavy atom. The third-order valence-electron chi connectivity index (χ3n) is 5.12. The molecule has 0 fully saturated rings. The van der Waals surface area contributed by atoms with Crippen LogP contribution in [0.2, 0.25) is 0 Å². The van der Waals surface area contributed by atoms with Crippen molar-refractivity contribution in [2.24, 2.45) is 5.73 Å². The highest BCUT2D eigenvalue weighted by molar-refractivity contribution is 5.82. The highest BCUT2D eigenvalue weighted by Crippen LogP contribution is 2.13. The van der Waals surface area contributed by atoms with E-state index in [0.29, 0.717) is 13.1 Å². The molecule has 2 rings (SSSR count). The molecule has 0 spiro atoms. The zero-order valence-electron chi connectivity index (χ0n) is 21.8. The minimum atomic E-state index is -5.08. The van der Waals surface area contributed by atoms with Crippen LogP contribution in [0.15, 0.2) is 60.7 Å². The zero-order valence-corrected chi connectivity index (χ0v) is 21.8. The lowest BCUT2D eigenvalue weighted by Crippen LogP contribution is -2.41. The van der Waals surface area contributed by atoms with E-state index in [4.69, 9.17) is 25.1 Å². The van der Waals surface area contributed by atoms with Crippen molar-refractivity contribution >= 4 is 23.9 Å². The topological polar surface area (TPSA) is 157 Å². The van der Waals surface area contributed by atoms with Gasteiger partial charge >= 0.3 is 24.2 Å². The van der Waals surface area contributed by atoms with Crippen molar-refractivity contribution in [1.29, 1.82) is 0 Å². The van der Waals surface area contributed by atoms with Gasteiger partial charge in [0.2, 0.25) is 5.91 Å². The van der Waals surface area contributed by atoms with Gasteiger partial charge in [-0.05, 0) is 36.8 Å². The number of nitrogens with one attached hydrogen (secondary N) is 2. The van der Waals surface area contributed by atoms with Gasteiger partial charge in [-0.25, -0.2) is 9.59 Å². The predicted octanol–water partition coefficient (Wildman–Crippen LogP) is 3.68. The van der Waals surface area contributed by atoms with Gasteiger partial charge in [0.1, 0.15) is 13.2 Å². The van der Waals surface area contributed by atoms with E-state index in [2.05, 4.69) is 10.6 Å². The molecule has 13 heteroatoms. The van der Waals surface area contributed by atoms with Crippen LogP contribution in [-0.2, 0) is 37.1 Å². The van der Waals surface area contributed by atoms with Crippen molar-refractivity contribution in [3.05, 3.63) is 71.8 Å². The number of halogens is 3.